The number of benzene rings is 1. The van der Waals surface area contributed by atoms with E-state index in [0.29, 0.717) is 0 Å². The van der Waals surface area contributed by atoms with Crippen LogP contribution in [0.4, 0.5) is 5.69 Å². The first-order chi connectivity index (χ1) is 11.3. The second kappa shape index (κ2) is 8.40. The number of carbonyl (C=O) groups is 2. The number of halogens is 3. The second-order valence-corrected chi connectivity index (χ2v) is 8.91. The Labute approximate surface area is 166 Å². The summed E-state index contributed by atoms with van der Waals surface area (Å²) in [4.78, 5) is 23.2. The van der Waals surface area contributed by atoms with Crippen molar-refractivity contribution < 1.29 is 14.7 Å². The Morgan fingerprint density at radius 2 is 1.68 bits per heavy atom. The molecule has 0 aromatic heterocycles. The minimum absolute atomic E-state index is 0.0424. The van der Waals surface area contributed by atoms with Crippen molar-refractivity contribution in [3.63, 3.8) is 0 Å². The Balaban J connectivity index is 2.90. The van der Waals surface area contributed by atoms with Gasteiger partial charge in [-0.25, -0.2) is 0 Å². The molecule has 0 radical (unpaired) electrons. The highest BCUT2D eigenvalue weighted by Crippen LogP contribution is 2.30. The number of thiocarbonyl (C=S) groups is 1. The van der Waals surface area contributed by atoms with Gasteiger partial charge in [-0.1, -0.05) is 73.8 Å². The zero-order valence-electron chi connectivity index (χ0n) is 13.7. The number of nitrogens with one attached hydrogen (secondary N) is 3. The van der Waals surface area contributed by atoms with Gasteiger partial charge in [0.2, 0.25) is 9.70 Å². The monoisotopic (exact) mass is 424 g/mol. The Kier molecular flexibility index (Phi) is 7.31. The van der Waals surface area contributed by atoms with Crippen LogP contribution in [0.2, 0.25) is 0 Å². The summed E-state index contributed by atoms with van der Waals surface area (Å²) in [5.74, 6) is -1.74. The van der Waals surface area contributed by atoms with E-state index in [1.54, 1.807) is 32.9 Å². The van der Waals surface area contributed by atoms with Gasteiger partial charge in [-0.3, -0.25) is 4.79 Å². The zero-order valence-corrected chi connectivity index (χ0v) is 16.7. The molecule has 0 bridgehead atoms. The number of hydrogen-bond donors (Lipinski definition) is 3. The average Bonchev–Trinajstić information content (AvgIpc) is 2.44. The molecular weight excluding hydrogens is 409 g/mol. The van der Waals surface area contributed by atoms with Crippen LogP contribution in [-0.4, -0.2) is 26.9 Å². The molecule has 25 heavy (non-hydrogen) atoms. The first-order valence-corrected chi connectivity index (χ1v) is 8.62. The average molecular weight is 426 g/mol. The highest BCUT2D eigenvalue weighted by Gasteiger charge is 2.36. The number of hydrogen-bond acceptors (Lipinski definition) is 4. The van der Waals surface area contributed by atoms with Crippen molar-refractivity contribution in [2.24, 2.45) is 5.41 Å². The fourth-order valence-corrected chi connectivity index (χ4v) is 2.16. The molecular formula is C15H17Cl3N3O3S-. The molecule has 1 aromatic carbocycles. The highest BCUT2D eigenvalue weighted by molar-refractivity contribution is 7.80. The predicted octanol–water partition coefficient (Wildman–Crippen LogP) is 2.20. The third kappa shape index (κ3) is 6.86. The van der Waals surface area contributed by atoms with Crippen LogP contribution in [0.25, 0.3) is 0 Å². The van der Waals surface area contributed by atoms with E-state index in [2.05, 4.69) is 16.0 Å². The van der Waals surface area contributed by atoms with Crippen LogP contribution in [0.3, 0.4) is 0 Å². The molecule has 1 aromatic rings. The van der Waals surface area contributed by atoms with Crippen molar-refractivity contribution >= 4 is 69.7 Å². The lowest BCUT2D eigenvalue weighted by Gasteiger charge is -2.30. The van der Waals surface area contributed by atoms with Crippen molar-refractivity contribution in [1.29, 1.82) is 0 Å². The van der Waals surface area contributed by atoms with Crippen LogP contribution in [0, 0.1) is 5.41 Å². The molecule has 0 saturated heterocycles. The van der Waals surface area contributed by atoms with E-state index in [0.717, 1.165) is 0 Å². The summed E-state index contributed by atoms with van der Waals surface area (Å²) in [6.45, 7) is 5.10. The van der Waals surface area contributed by atoms with E-state index in [9.17, 15) is 14.7 Å². The number of carboxylic acids is 1. The highest BCUT2D eigenvalue weighted by atomic mass is 35.6. The normalized spacial score (nSPS) is 12.9. The Bertz CT molecular complexity index is 672. The van der Waals surface area contributed by atoms with Gasteiger partial charge in [0.15, 0.2) is 5.11 Å². The number of para-hydroxylation sites is 1. The third-order valence-corrected chi connectivity index (χ3v) is 3.83. The largest absolute Gasteiger partial charge is 0.545 e. The lowest BCUT2D eigenvalue weighted by Crippen LogP contribution is -2.58. The van der Waals surface area contributed by atoms with Crippen LogP contribution >= 0.6 is 47.0 Å². The minimum atomic E-state index is -1.90. The first-order valence-electron chi connectivity index (χ1n) is 7.08. The summed E-state index contributed by atoms with van der Waals surface area (Å²) in [5.41, 5.74) is -0.604. The summed E-state index contributed by atoms with van der Waals surface area (Å²) in [6.07, 6.45) is -1.14. The third-order valence-electron chi connectivity index (χ3n) is 2.95. The van der Waals surface area contributed by atoms with Crippen LogP contribution in [0.1, 0.15) is 31.1 Å². The van der Waals surface area contributed by atoms with E-state index in [1.165, 1.54) is 12.1 Å². The first kappa shape index (κ1) is 21.8. The molecule has 3 N–H and O–H groups in total. The predicted molar refractivity (Wildman–Crippen MR) is 102 cm³/mol. The van der Waals surface area contributed by atoms with Gasteiger partial charge in [-0.15, -0.1) is 0 Å². The van der Waals surface area contributed by atoms with E-state index >= 15 is 0 Å². The fourth-order valence-electron chi connectivity index (χ4n) is 1.61. The van der Waals surface area contributed by atoms with Crippen molar-refractivity contribution in [1.82, 2.24) is 10.6 Å². The Hall–Kier alpha value is -1.28. The van der Waals surface area contributed by atoms with Gasteiger partial charge in [0.05, 0.1) is 5.97 Å². The smallest absolute Gasteiger partial charge is 0.228 e. The van der Waals surface area contributed by atoms with Crippen molar-refractivity contribution in [3.8, 4) is 0 Å². The lowest BCUT2D eigenvalue weighted by atomic mass is 9.95. The molecule has 1 amide bonds. The number of carboxylic acid groups (broad SMARTS) is 1. The Morgan fingerprint density at radius 1 is 1.12 bits per heavy atom. The molecule has 0 fully saturated rings. The molecule has 0 aliphatic carbocycles. The topological polar surface area (TPSA) is 93.3 Å². The van der Waals surface area contributed by atoms with Crippen molar-refractivity contribution in [3.05, 3.63) is 29.8 Å². The van der Waals surface area contributed by atoms with Crippen molar-refractivity contribution in [2.45, 2.75) is 30.7 Å². The fraction of sp³-hybridized carbons (Fsp3) is 0.400. The number of aromatic carboxylic acids is 1. The number of alkyl halides is 3. The molecule has 0 aliphatic heterocycles. The summed E-state index contributed by atoms with van der Waals surface area (Å²) >= 11 is 22.8. The lowest BCUT2D eigenvalue weighted by molar-refractivity contribution is -0.254. The van der Waals surface area contributed by atoms with Crippen LogP contribution in [0.15, 0.2) is 24.3 Å². The van der Waals surface area contributed by atoms with Crippen LogP contribution in [-0.2, 0) is 4.79 Å². The minimum Gasteiger partial charge on any atom is -0.545 e. The Morgan fingerprint density at radius 3 is 2.16 bits per heavy atom. The van der Waals surface area contributed by atoms with Gasteiger partial charge in [0, 0.05) is 16.7 Å². The molecule has 10 heteroatoms. The summed E-state index contributed by atoms with van der Waals surface area (Å²) in [5, 5.41) is 18.9. The van der Waals surface area contributed by atoms with Gasteiger partial charge >= 0.3 is 0 Å². The number of rotatable bonds is 4. The van der Waals surface area contributed by atoms with Gasteiger partial charge in [-0.2, -0.15) is 0 Å². The molecule has 0 saturated carbocycles. The van der Waals surface area contributed by atoms with Gasteiger partial charge in [0.1, 0.15) is 6.17 Å². The molecule has 0 spiro atoms. The second-order valence-electron chi connectivity index (χ2n) is 6.13. The molecule has 6 nitrogen and oxygen atoms in total. The summed E-state index contributed by atoms with van der Waals surface area (Å²) in [6, 6.07) is 6.01. The van der Waals surface area contributed by atoms with E-state index < -0.39 is 21.3 Å². The number of anilines is 1. The van der Waals surface area contributed by atoms with E-state index in [1.807, 2.05) is 0 Å². The molecule has 138 valence electrons. The maximum atomic E-state index is 12.1. The van der Waals surface area contributed by atoms with Crippen LogP contribution in [0.5, 0.6) is 0 Å². The van der Waals surface area contributed by atoms with E-state index in [4.69, 9.17) is 47.0 Å². The SMILES string of the molecule is CC(C)(C)C(=O)N[C@@H](NC(=S)Nc1ccccc1C(=O)[O-])C(Cl)(Cl)Cl. The molecule has 0 heterocycles. The zero-order chi connectivity index (χ0) is 19.4. The molecule has 0 aliphatic rings. The summed E-state index contributed by atoms with van der Waals surface area (Å²) < 4.78 is -1.90. The standard InChI is InChI=1S/C15H18Cl3N3O3S/c1-14(2,3)12(24)20-11(15(16,17)18)21-13(25)19-9-7-5-4-6-8(9)10(22)23/h4-7,11H,1-3H3,(H,20,24)(H,22,23)(H2,19,21,25)/p-1/t11-/m0/s1. The van der Waals surface area contributed by atoms with Gasteiger partial charge in [0.25, 0.3) is 0 Å². The number of carbonyl (C=O) groups excluding carboxylic acids is 2. The van der Waals surface area contributed by atoms with Crippen LogP contribution < -0.4 is 21.1 Å². The van der Waals surface area contributed by atoms with Crippen molar-refractivity contribution in [2.75, 3.05) is 5.32 Å². The maximum absolute atomic E-state index is 12.1. The van der Waals surface area contributed by atoms with Gasteiger partial charge < -0.3 is 25.9 Å². The summed E-state index contributed by atoms with van der Waals surface area (Å²) in [7, 11) is 0. The van der Waals surface area contributed by atoms with Gasteiger partial charge in [-0.05, 0) is 18.3 Å². The number of amides is 1. The molecule has 1 atom stereocenters. The quantitative estimate of drug-likeness (QED) is 0.389. The maximum Gasteiger partial charge on any atom is 0.228 e. The molecule has 0 unspecified atom stereocenters. The molecule has 1 rings (SSSR count). The van der Waals surface area contributed by atoms with E-state index in [-0.39, 0.29) is 22.3 Å².